The second-order valence-electron chi connectivity index (χ2n) is 4.57. The van der Waals surface area contributed by atoms with Gasteiger partial charge in [-0.1, -0.05) is 18.5 Å². The summed E-state index contributed by atoms with van der Waals surface area (Å²) in [5, 5.41) is 0.826. The molecule has 0 aliphatic rings. The average Bonchev–Trinajstić information content (AvgIpc) is 2.86. The summed E-state index contributed by atoms with van der Waals surface area (Å²) in [4.78, 5) is 12.5. The van der Waals surface area contributed by atoms with Crippen LogP contribution in [0.5, 0.6) is 0 Å². The van der Waals surface area contributed by atoms with E-state index in [4.69, 9.17) is 11.6 Å². The molecule has 9 heteroatoms. The Bertz CT molecular complexity index is 846. The lowest BCUT2D eigenvalue weighted by atomic mass is 10.3. The van der Waals surface area contributed by atoms with Gasteiger partial charge in [0.1, 0.15) is 27.2 Å². The van der Waals surface area contributed by atoms with Crippen molar-refractivity contribution in [1.29, 1.82) is 0 Å². The van der Waals surface area contributed by atoms with Crippen molar-refractivity contribution in [3.8, 4) is 11.4 Å². The summed E-state index contributed by atoms with van der Waals surface area (Å²) in [7, 11) is 0. The Morgan fingerprint density at radius 1 is 1.22 bits per heavy atom. The second kappa shape index (κ2) is 6.01. The molecule has 0 spiro atoms. The topological polar surface area (TPSA) is 43.1 Å². The van der Waals surface area contributed by atoms with Gasteiger partial charge in [-0.15, -0.1) is 11.8 Å². The van der Waals surface area contributed by atoms with Gasteiger partial charge in [-0.25, -0.2) is 15.0 Å². The van der Waals surface area contributed by atoms with E-state index in [9.17, 15) is 13.2 Å². The van der Waals surface area contributed by atoms with Crippen LogP contribution in [0.1, 0.15) is 12.5 Å². The molecule has 0 aliphatic heterocycles. The SMILES string of the molecule is CCSc1c(-c2cnc(Cl)cn2)nc2ccc(C(F)(F)F)cn12. The van der Waals surface area contributed by atoms with Crippen molar-refractivity contribution in [3.63, 3.8) is 0 Å². The maximum atomic E-state index is 12.9. The first-order valence-electron chi connectivity index (χ1n) is 6.60. The van der Waals surface area contributed by atoms with Crippen LogP contribution in [-0.2, 0) is 6.18 Å². The third kappa shape index (κ3) is 3.13. The molecule has 0 fully saturated rings. The van der Waals surface area contributed by atoms with Crippen LogP contribution in [0.2, 0.25) is 5.15 Å². The van der Waals surface area contributed by atoms with Crippen LogP contribution in [0.4, 0.5) is 13.2 Å². The number of imidazole rings is 1. The Morgan fingerprint density at radius 3 is 2.61 bits per heavy atom. The molecule has 0 radical (unpaired) electrons. The molecule has 0 saturated carbocycles. The van der Waals surface area contributed by atoms with Crippen molar-refractivity contribution in [2.45, 2.75) is 18.1 Å². The lowest BCUT2D eigenvalue weighted by Crippen LogP contribution is -2.06. The number of thioether (sulfide) groups is 1. The summed E-state index contributed by atoms with van der Waals surface area (Å²) in [6, 6.07) is 2.36. The number of hydrogen-bond donors (Lipinski definition) is 0. The monoisotopic (exact) mass is 358 g/mol. The van der Waals surface area contributed by atoms with E-state index in [1.165, 1.54) is 34.6 Å². The number of rotatable bonds is 3. The minimum Gasteiger partial charge on any atom is -0.293 e. The molecule has 0 saturated heterocycles. The minimum absolute atomic E-state index is 0.238. The van der Waals surface area contributed by atoms with Crippen LogP contribution >= 0.6 is 23.4 Å². The molecule has 0 N–H and O–H groups in total. The minimum atomic E-state index is -4.41. The van der Waals surface area contributed by atoms with E-state index >= 15 is 0 Å². The Hall–Kier alpha value is -1.80. The number of alkyl halides is 3. The Balaban J connectivity index is 2.22. The van der Waals surface area contributed by atoms with Crippen LogP contribution in [0.25, 0.3) is 17.0 Å². The molecule has 3 heterocycles. The summed E-state index contributed by atoms with van der Waals surface area (Å²) in [6.45, 7) is 1.91. The van der Waals surface area contributed by atoms with Crippen LogP contribution < -0.4 is 0 Å². The highest BCUT2D eigenvalue weighted by atomic mass is 35.5. The lowest BCUT2D eigenvalue weighted by Gasteiger charge is -2.08. The Labute approximate surface area is 138 Å². The van der Waals surface area contributed by atoms with E-state index < -0.39 is 11.7 Å². The highest BCUT2D eigenvalue weighted by molar-refractivity contribution is 7.99. The van der Waals surface area contributed by atoms with Gasteiger partial charge in [0.05, 0.1) is 18.0 Å². The molecular weight excluding hydrogens is 349 g/mol. The highest BCUT2D eigenvalue weighted by Gasteiger charge is 2.31. The van der Waals surface area contributed by atoms with Crippen molar-refractivity contribution in [2.75, 3.05) is 5.75 Å². The van der Waals surface area contributed by atoms with E-state index in [2.05, 4.69) is 15.0 Å². The maximum Gasteiger partial charge on any atom is 0.417 e. The third-order valence-electron chi connectivity index (χ3n) is 3.05. The van der Waals surface area contributed by atoms with E-state index in [0.29, 0.717) is 27.8 Å². The summed E-state index contributed by atoms with van der Waals surface area (Å²) in [5.41, 5.74) is 0.637. The molecule has 0 aliphatic carbocycles. The van der Waals surface area contributed by atoms with Gasteiger partial charge in [0.15, 0.2) is 0 Å². The standard InChI is InChI=1S/C14H10ClF3N4S/c1-2-23-13-12(9-5-20-10(15)6-19-9)21-11-4-3-8(7-22(11)13)14(16,17)18/h3-7H,2H2,1H3. The molecule has 0 amide bonds. The van der Waals surface area contributed by atoms with Crippen LogP contribution in [0, 0.1) is 0 Å². The van der Waals surface area contributed by atoms with Crippen molar-refractivity contribution >= 4 is 29.0 Å². The number of fused-ring (bicyclic) bond motifs is 1. The summed E-state index contributed by atoms with van der Waals surface area (Å²) >= 11 is 7.11. The first-order chi connectivity index (χ1) is 10.9. The maximum absolute atomic E-state index is 12.9. The zero-order valence-corrected chi connectivity index (χ0v) is 13.4. The molecule has 23 heavy (non-hydrogen) atoms. The van der Waals surface area contributed by atoms with E-state index in [1.54, 1.807) is 0 Å². The summed E-state index contributed by atoms with van der Waals surface area (Å²) in [6.07, 6.45) is -0.531. The number of nitrogens with zero attached hydrogens (tertiary/aromatic N) is 4. The van der Waals surface area contributed by atoms with Gasteiger partial charge < -0.3 is 0 Å². The molecule has 3 aromatic heterocycles. The number of hydrogen-bond acceptors (Lipinski definition) is 4. The molecule has 0 atom stereocenters. The molecule has 3 aromatic rings. The molecule has 0 aromatic carbocycles. The first kappa shape index (κ1) is 16.1. The molecular formula is C14H10ClF3N4S. The quantitative estimate of drug-likeness (QED) is 0.643. The van der Waals surface area contributed by atoms with Crippen LogP contribution in [-0.4, -0.2) is 25.1 Å². The van der Waals surface area contributed by atoms with Gasteiger partial charge in [0, 0.05) is 6.20 Å². The molecule has 0 bridgehead atoms. The largest absolute Gasteiger partial charge is 0.417 e. The van der Waals surface area contributed by atoms with E-state index in [1.807, 2.05) is 6.92 Å². The highest BCUT2D eigenvalue weighted by Crippen LogP contribution is 2.34. The van der Waals surface area contributed by atoms with Crippen molar-refractivity contribution in [1.82, 2.24) is 19.4 Å². The Kier molecular flexibility index (Phi) is 4.20. The number of pyridine rings is 1. The normalized spacial score (nSPS) is 12.0. The fraction of sp³-hybridized carbons (Fsp3) is 0.214. The molecule has 3 rings (SSSR count). The fourth-order valence-electron chi connectivity index (χ4n) is 2.07. The predicted octanol–water partition coefficient (Wildman–Crippen LogP) is 4.58. The van der Waals surface area contributed by atoms with Crippen molar-refractivity contribution < 1.29 is 13.2 Å². The number of aromatic nitrogens is 4. The Morgan fingerprint density at radius 2 is 2.00 bits per heavy atom. The van der Waals surface area contributed by atoms with E-state index in [0.717, 1.165) is 12.3 Å². The predicted molar refractivity (Wildman–Crippen MR) is 82.6 cm³/mol. The average molecular weight is 359 g/mol. The van der Waals surface area contributed by atoms with Gasteiger partial charge in [0.2, 0.25) is 0 Å². The van der Waals surface area contributed by atoms with Gasteiger partial charge in [-0.2, -0.15) is 13.2 Å². The van der Waals surface area contributed by atoms with Crippen LogP contribution in [0.3, 0.4) is 0 Å². The summed E-state index contributed by atoms with van der Waals surface area (Å²) in [5.74, 6) is 0.679. The third-order valence-corrected chi connectivity index (χ3v) is 4.19. The zero-order chi connectivity index (χ0) is 16.6. The molecule has 4 nitrogen and oxygen atoms in total. The first-order valence-corrected chi connectivity index (χ1v) is 7.96. The fourth-order valence-corrected chi connectivity index (χ4v) is 3.01. The van der Waals surface area contributed by atoms with Crippen molar-refractivity contribution in [2.24, 2.45) is 0 Å². The van der Waals surface area contributed by atoms with Gasteiger partial charge in [0.25, 0.3) is 0 Å². The van der Waals surface area contributed by atoms with Crippen LogP contribution in [0.15, 0.2) is 35.7 Å². The number of halogens is 4. The van der Waals surface area contributed by atoms with E-state index in [-0.39, 0.29) is 5.15 Å². The lowest BCUT2D eigenvalue weighted by molar-refractivity contribution is -0.137. The molecule has 0 unspecified atom stereocenters. The van der Waals surface area contributed by atoms with Gasteiger partial charge in [-0.3, -0.25) is 4.40 Å². The smallest absolute Gasteiger partial charge is 0.293 e. The molecule has 120 valence electrons. The zero-order valence-electron chi connectivity index (χ0n) is 11.8. The van der Waals surface area contributed by atoms with Gasteiger partial charge in [-0.05, 0) is 17.9 Å². The second-order valence-corrected chi connectivity index (χ2v) is 6.21. The van der Waals surface area contributed by atoms with Gasteiger partial charge >= 0.3 is 6.18 Å². The van der Waals surface area contributed by atoms with Crippen molar-refractivity contribution in [3.05, 3.63) is 41.4 Å². The summed E-state index contributed by atoms with van der Waals surface area (Å²) < 4.78 is 40.2.